The van der Waals surface area contributed by atoms with Crippen LogP contribution in [0.1, 0.15) is 51.9 Å². The summed E-state index contributed by atoms with van der Waals surface area (Å²) >= 11 is 0. The molecular weight excluding hydrogens is 214 g/mol. The Bertz CT molecular complexity index is 216. The lowest BCUT2D eigenvalue weighted by atomic mass is 9.84. The Labute approximate surface area is 105 Å². The highest BCUT2D eigenvalue weighted by Gasteiger charge is 2.43. The summed E-state index contributed by atoms with van der Waals surface area (Å²) in [7, 11) is 2.02. The Kier molecular flexibility index (Phi) is 5.26. The van der Waals surface area contributed by atoms with Crippen molar-refractivity contribution in [2.24, 2.45) is 0 Å². The van der Waals surface area contributed by atoms with Gasteiger partial charge >= 0.3 is 0 Å². The topological polar surface area (TPSA) is 30.5 Å². The molecule has 0 bridgehead atoms. The average Bonchev–Trinajstić information content (AvgIpc) is 2.35. The zero-order chi connectivity index (χ0) is 12.1. The lowest BCUT2D eigenvalue weighted by molar-refractivity contribution is -0.171. The fourth-order valence-corrected chi connectivity index (χ4v) is 2.92. The molecule has 0 spiro atoms. The van der Waals surface area contributed by atoms with Crippen LogP contribution in [-0.4, -0.2) is 38.0 Å². The third kappa shape index (κ3) is 3.43. The van der Waals surface area contributed by atoms with Crippen LogP contribution < -0.4 is 5.32 Å². The lowest BCUT2D eigenvalue weighted by Gasteiger charge is -2.45. The van der Waals surface area contributed by atoms with Crippen LogP contribution in [0.2, 0.25) is 0 Å². The zero-order valence-electron chi connectivity index (χ0n) is 11.3. The fraction of sp³-hybridized carbons (Fsp3) is 1.00. The van der Waals surface area contributed by atoms with E-state index in [9.17, 15) is 0 Å². The molecule has 3 atom stereocenters. The normalized spacial score (nSPS) is 34.6. The minimum Gasteiger partial charge on any atom is -0.374 e. The standard InChI is InChI=1S/C14H27NO2/c1-3-9-16-14-12(15-2)10-13(14)17-11-7-5-4-6-8-11/h11-15H,3-10H2,1-2H3. The highest BCUT2D eigenvalue weighted by molar-refractivity contribution is 4.97. The van der Waals surface area contributed by atoms with E-state index >= 15 is 0 Å². The Morgan fingerprint density at radius 1 is 1.18 bits per heavy atom. The minimum absolute atomic E-state index is 0.280. The molecule has 0 aromatic heterocycles. The molecule has 17 heavy (non-hydrogen) atoms. The van der Waals surface area contributed by atoms with Crippen molar-refractivity contribution in [2.75, 3.05) is 13.7 Å². The van der Waals surface area contributed by atoms with Crippen LogP contribution in [0.25, 0.3) is 0 Å². The van der Waals surface area contributed by atoms with Crippen LogP contribution in [0, 0.1) is 0 Å². The maximum atomic E-state index is 6.20. The molecule has 0 saturated heterocycles. The van der Waals surface area contributed by atoms with Gasteiger partial charge in [-0.15, -0.1) is 0 Å². The van der Waals surface area contributed by atoms with E-state index in [0.717, 1.165) is 19.4 Å². The summed E-state index contributed by atoms with van der Waals surface area (Å²) in [6.45, 7) is 3.01. The average molecular weight is 241 g/mol. The van der Waals surface area contributed by atoms with Crippen LogP contribution in [0.5, 0.6) is 0 Å². The third-order valence-electron chi connectivity index (χ3n) is 4.05. The van der Waals surface area contributed by atoms with Gasteiger partial charge < -0.3 is 14.8 Å². The lowest BCUT2D eigenvalue weighted by Crippen LogP contribution is -2.60. The maximum Gasteiger partial charge on any atom is 0.0990 e. The monoisotopic (exact) mass is 241 g/mol. The van der Waals surface area contributed by atoms with Crippen LogP contribution in [0.3, 0.4) is 0 Å². The van der Waals surface area contributed by atoms with Gasteiger partial charge in [0.15, 0.2) is 0 Å². The Morgan fingerprint density at radius 3 is 2.59 bits per heavy atom. The molecular formula is C14H27NO2. The summed E-state index contributed by atoms with van der Waals surface area (Å²) in [6.07, 6.45) is 9.88. The van der Waals surface area contributed by atoms with E-state index in [0.29, 0.717) is 18.2 Å². The molecule has 0 aliphatic heterocycles. The largest absolute Gasteiger partial charge is 0.374 e. The highest BCUT2D eigenvalue weighted by Crippen LogP contribution is 2.31. The highest BCUT2D eigenvalue weighted by atomic mass is 16.6. The van der Waals surface area contributed by atoms with E-state index in [2.05, 4.69) is 12.2 Å². The molecule has 3 heteroatoms. The molecule has 0 aromatic rings. The number of hydrogen-bond donors (Lipinski definition) is 1. The Balaban J connectivity index is 1.75. The molecule has 0 heterocycles. The molecule has 1 N–H and O–H groups in total. The zero-order valence-corrected chi connectivity index (χ0v) is 11.3. The molecule has 2 fully saturated rings. The van der Waals surface area contributed by atoms with Crippen LogP contribution in [0.4, 0.5) is 0 Å². The van der Waals surface area contributed by atoms with Gasteiger partial charge in [0, 0.05) is 12.6 Å². The number of hydrogen-bond acceptors (Lipinski definition) is 3. The first-order chi connectivity index (χ1) is 8.35. The smallest absolute Gasteiger partial charge is 0.0990 e. The second-order valence-electron chi connectivity index (χ2n) is 5.40. The summed E-state index contributed by atoms with van der Waals surface area (Å²) in [4.78, 5) is 0. The first kappa shape index (κ1) is 13.3. The summed E-state index contributed by atoms with van der Waals surface area (Å²) in [5.74, 6) is 0. The van der Waals surface area contributed by atoms with Gasteiger partial charge in [-0.1, -0.05) is 26.2 Å². The molecule has 0 aromatic carbocycles. The van der Waals surface area contributed by atoms with Crippen LogP contribution in [0.15, 0.2) is 0 Å². The van der Waals surface area contributed by atoms with Crippen molar-refractivity contribution in [1.29, 1.82) is 0 Å². The van der Waals surface area contributed by atoms with Gasteiger partial charge in [-0.25, -0.2) is 0 Å². The summed E-state index contributed by atoms with van der Waals surface area (Å²) in [5.41, 5.74) is 0. The second kappa shape index (κ2) is 6.72. The predicted octanol–water partition coefficient (Wildman–Crippen LogP) is 2.49. The van der Waals surface area contributed by atoms with Crippen molar-refractivity contribution >= 4 is 0 Å². The van der Waals surface area contributed by atoms with Crippen molar-refractivity contribution in [3.63, 3.8) is 0 Å². The van der Waals surface area contributed by atoms with E-state index in [1.807, 2.05) is 7.05 Å². The SMILES string of the molecule is CCCOC1C(NC)CC1OC1CCCCC1. The van der Waals surface area contributed by atoms with Gasteiger partial charge in [-0.2, -0.15) is 0 Å². The molecule has 2 saturated carbocycles. The summed E-state index contributed by atoms with van der Waals surface area (Å²) in [5, 5.41) is 3.32. The van der Waals surface area contributed by atoms with Gasteiger partial charge in [-0.3, -0.25) is 0 Å². The first-order valence-corrected chi connectivity index (χ1v) is 7.29. The molecule has 2 aliphatic carbocycles. The minimum atomic E-state index is 0.280. The molecule has 2 rings (SSSR count). The second-order valence-corrected chi connectivity index (χ2v) is 5.40. The van der Waals surface area contributed by atoms with Crippen LogP contribution >= 0.6 is 0 Å². The Morgan fingerprint density at radius 2 is 1.94 bits per heavy atom. The van der Waals surface area contributed by atoms with E-state index in [1.54, 1.807) is 0 Å². The van der Waals surface area contributed by atoms with Gasteiger partial charge in [0.2, 0.25) is 0 Å². The number of likely N-dealkylation sites (N-methyl/N-ethyl adjacent to an activating group) is 1. The summed E-state index contributed by atoms with van der Waals surface area (Å²) < 4.78 is 12.1. The first-order valence-electron chi connectivity index (χ1n) is 7.29. The number of ether oxygens (including phenoxy) is 2. The van der Waals surface area contributed by atoms with E-state index < -0.39 is 0 Å². The maximum absolute atomic E-state index is 6.20. The van der Waals surface area contributed by atoms with Gasteiger partial charge in [-0.05, 0) is 32.7 Å². The quantitative estimate of drug-likeness (QED) is 0.775. The molecule has 3 unspecified atom stereocenters. The Hall–Kier alpha value is -0.120. The fourth-order valence-electron chi connectivity index (χ4n) is 2.92. The molecule has 100 valence electrons. The predicted molar refractivity (Wildman–Crippen MR) is 69.2 cm³/mol. The van der Waals surface area contributed by atoms with Crippen molar-refractivity contribution in [1.82, 2.24) is 5.32 Å². The van der Waals surface area contributed by atoms with Crippen LogP contribution in [-0.2, 0) is 9.47 Å². The number of rotatable bonds is 6. The molecule has 0 radical (unpaired) electrons. The van der Waals surface area contributed by atoms with E-state index in [1.165, 1.54) is 32.1 Å². The van der Waals surface area contributed by atoms with Gasteiger partial charge in [0.1, 0.15) is 0 Å². The van der Waals surface area contributed by atoms with Crippen molar-refractivity contribution < 1.29 is 9.47 Å². The van der Waals surface area contributed by atoms with Crippen molar-refractivity contribution in [3.05, 3.63) is 0 Å². The van der Waals surface area contributed by atoms with Crippen molar-refractivity contribution in [2.45, 2.75) is 76.2 Å². The van der Waals surface area contributed by atoms with E-state index in [4.69, 9.17) is 9.47 Å². The van der Waals surface area contributed by atoms with Gasteiger partial charge in [0.05, 0.1) is 18.3 Å². The van der Waals surface area contributed by atoms with Crippen molar-refractivity contribution in [3.8, 4) is 0 Å². The summed E-state index contributed by atoms with van der Waals surface area (Å²) in [6, 6.07) is 0.496. The van der Waals surface area contributed by atoms with Gasteiger partial charge in [0.25, 0.3) is 0 Å². The third-order valence-corrected chi connectivity index (χ3v) is 4.05. The molecule has 0 amide bonds. The molecule has 2 aliphatic rings. The molecule has 3 nitrogen and oxygen atoms in total. The van der Waals surface area contributed by atoms with E-state index in [-0.39, 0.29) is 6.10 Å². The number of nitrogens with one attached hydrogen (secondary N) is 1.